The SMILES string of the molecule is CNCc1cc(Cl)c(OCc2cccc(-c3cccc(-c4ccc5c(c4)CCC5N4CCC(C(=O)O)CC4)c3C)c2C)cc1OCc1cncc(C#N)c1. The van der Waals surface area contributed by atoms with Gasteiger partial charge in [0.15, 0.2) is 0 Å². The number of aliphatic carboxylic acids is 1. The molecule has 8 nitrogen and oxygen atoms in total. The number of nitrogens with one attached hydrogen (secondary N) is 1. The number of pyridine rings is 1. The summed E-state index contributed by atoms with van der Waals surface area (Å²) in [5.74, 6) is 0.300. The lowest BCUT2D eigenvalue weighted by Crippen LogP contribution is -2.38. The Hall–Kier alpha value is -5.20. The molecule has 9 heteroatoms. The van der Waals surface area contributed by atoms with Gasteiger partial charge in [0.25, 0.3) is 0 Å². The number of nitriles is 1. The van der Waals surface area contributed by atoms with Gasteiger partial charge >= 0.3 is 5.97 Å². The maximum atomic E-state index is 11.5. The number of aromatic nitrogens is 1. The lowest BCUT2D eigenvalue weighted by molar-refractivity contribution is -0.143. The van der Waals surface area contributed by atoms with Crippen LogP contribution in [0, 0.1) is 31.1 Å². The Morgan fingerprint density at radius 2 is 1.65 bits per heavy atom. The molecule has 0 amide bonds. The fraction of sp³-hybridized carbons (Fsp3) is 0.311. The predicted octanol–water partition coefficient (Wildman–Crippen LogP) is 9.22. The average Bonchev–Trinajstić information content (AvgIpc) is 3.61. The number of carbonyl (C=O) groups is 1. The topological polar surface area (TPSA) is 108 Å². The summed E-state index contributed by atoms with van der Waals surface area (Å²) in [4.78, 5) is 18.1. The molecule has 1 fully saturated rings. The first-order valence-corrected chi connectivity index (χ1v) is 19.0. The van der Waals surface area contributed by atoms with Gasteiger partial charge in [-0.2, -0.15) is 5.26 Å². The number of piperidine rings is 1. The minimum absolute atomic E-state index is 0.213. The van der Waals surface area contributed by atoms with Crippen molar-refractivity contribution >= 4 is 17.6 Å². The Morgan fingerprint density at radius 3 is 2.41 bits per heavy atom. The summed E-state index contributed by atoms with van der Waals surface area (Å²) < 4.78 is 12.6. The summed E-state index contributed by atoms with van der Waals surface area (Å²) in [7, 11) is 1.87. The van der Waals surface area contributed by atoms with E-state index in [1.807, 2.05) is 19.2 Å². The smallest absolute Gasteiger partial charge is 0.306 e. The van der Waals surface area contributed by atoms with E-state index in [0.29, 0.717) is 41.3 Å². The van der Waals surface area contributed by atoms with Crippen LogP contribution in [0.5, 0.6) is 11.5 Å². The minimum Gasteiger partial charge on any atom is -0.488 e. The number of halogens is 1. The molecule has 2 N–H and O–H groups in total. The average molecular weight is 741 g/mol. The molecule has 1 atom stereocenters. The lowest BCUT2D eigenvalue weighted by atomic mass is 9.88. The van der Waals surface area contributed by atoms with Gasteiger partial charge < -0.3 is 19.9 Å². The van der Waals surface area contributed by atoms with Crippen LogP contribution in [0.15, 0.2) is 85.2 Å². The lowest BCUT2D eigenvalue weighted by Gasteiger charge is -2.35. The van der Waals surface area contributed by atoms with Crippen LogP contribution in [-0.4, -0.2) is 41.1 Å². The molecule has 54 heavy (non-hydrogen) atoms. The van der Waals surface area contributed by atoms with Crippen LogP contribution in [0.4, 0.5) is 0 Å². The molecule has 0 bridgehead atoms. The standard InChI is InChI=1S/C45H45ClN4O4/c1-28-35(27-54-44-21-43(36(25-48-3)20-41(44)46)53-26-31-18-30(22-47)23-49-24-31)6-4-8-38(28)39-9-5-7-37(29(39)2)33-10-12-40-34(19-33)11-13-42(40)50-16-14-32(15-17-50)45(51)52/h4-10,12,18-21,23-24,32,42,48H,11,13-17,25-27H2,1-3H3,(H,51,52). The van der Waals surface area contributed by atoms with E-state index in [9.17, 15) is 15.2 Å². The van der Waals surface area contributed by atoms with Gasteiger partial charge in [-0.05, 0) is 122 Å². The third-order valence-electron chi connectivity index (χ3n) is 11.1. The highest BCUT2D eigenvalue weighted by atomic mass is 35.5. The van der Waals surface area contributed by atoms with Crippen LogP contribution in [0.25, 0.3) is 22.3 Å². The molecule has 2 aliphatic rings. The molecule has 0 radical (unpaired) electrons. The number of likely N-dealkylation sites (tertiary alicyclic amines) is 1. The Kier molecular flexibility index (Phi) is 11.3. The Balaban J connectivity index is 1.08. The largest absolute Gasteiger partial charge is 0.488 e. The number of nitrogens with zero attached hydrogens (tertiary/aromatic N) is 3. The van der Waals surface area contributed by atoms with E-state index in [1.165, 1.54) is 39.6 Å². The number of hydrogen-bond acceptors (Lipinski definition) is 7. The Bertz CT molecular complexity index is 2220. The Morgan fingerprint density at radius 1 is 0.907 bits per heavy atom. The number of fused-ring (bicyclic) bond motifs is 1. The van der Waals surface area contributed by atoms with Gasteiger partial charge in [0, 0.05) is 42.2 Å². The molecule has 0 spiro atoms. The number of carboxylic acids is 1. The van der Waals surface area contributed by atoms with Crippen molar-refractivity contribution in [1.29, 1.82) is 5.26 Å². The normalized spacial score (nSPS) is 15.8. The molecule has 1 aliphatic carbocycles. The highest BCUT2D eigenvalue weighted by Crippen LogP contribution is 2.41. The second-order valence-electron chi connectivity index (χ2n) is 14.4. The molecule has 4 aromatic carbocycles. The number of ether oxygens (including phenoxy) is 2. The van der Waals surface area contributed by atoms with Crippen LogP contribution in [0.3, 0.4) is 0 Å². The number of hydrogen-bond donors (Lipinski definition) is 2. The van der Waals surface area contributed by atoms with E-state index >= 15 is 0 Å². The van der Waals surface area contributed by atoms with Gasteiger partial charge in [-0.15, -0.1) is 0 Å². The molecule has 276 valence electrons. The number of benzene rings is 4. The van der Waals surface area contributed by atoms with Crippen molar-refractivity contribution in [2.24, 2.45) is 5.92 Å². The van der Waals surface area contributed by atoms with Crippen LogP contribution in [-0.2, 0) is 31.0 Å². The van der Waals surface area contributed by atoms with Crippen molar-refractivity contribution in [3.8, 4) is 39.8 Å². The van der Waals surface area contributed by atoms with Crippen molar-refractivity contribution in [2.45, 2.75) is 65.3 Å². The molecule has 7 rings (SSSR count). The zero-order valence-electron chi connectivity index (χ0n) is 31.0. The molecule has 0 saturated carbocycles. The van der Waals surface area contributed by atoms with Crippen LogP contribution < -0.4 is 14.8 Å². The molecular formula is C45H45ClN4O4. The van der Waals surface area contributed by atoms with Crippen molar-refractivity contribution in [2.75, 3.05) is 20.1 Å². The van der Waals surface area contributed by atoms with E-state index in [-0.39, 0.29) is 12.5 Å². The van der Waals surface area contributed by atoms with Crippen LogP contribution in [0.1, 0.15) is 69.8 Å². The second-order valence-corrected chi connectivity index (χ2v) is 14.8. The summed E-state index contributed by atoms with van der Waals surface area (Å²) in [6.45, 7) is 7.18. The van der Waals surface area contributed by atoms with E-state index < -0.39 is 5.97 Å². The number of carboxylic acid groups (broad SMARTS) is 1. The summed E-state index contributed by atoms with van der Waals surface area (Å²) in [5, 5.41) is 22.4. The summed E-state index contributed by atoms with van der Waals surface area (Å²) >= 11 is 6.75. The van der Waals surface area contributed by atoms with Gasteiger partial charge in [0.05, 0.1) is 16.5 Å². The predicted molar refractivity (Wildman–Crippen MR) is 212 cm³/mol. The zero-order valence-corrected chi connectivity index (χ0v) is 31.7. The third kappa shape index (κ3) is 7.85. The number of rotatable bonds is 12. The van der Waals surface area contributed by atoms with E-state index in [0.717, 1.165) is 66.6 Å². The zero-order chi connectivity index (χ0) is 37.8. The van der Waals surface area contributed by atoms with E-state index in [4.69, 9.17) is 21.1 Å². The van der Waals surface area contributed by atoms with Crippen molar-refractivity contribution < 1.29 is 19.4 Å². The van der Waals surface area contributed by atoms with E-state index in [1.54, 1.807) is 12.3 Å². The van der Waals surface area contributed by atoms with Gasteiger partial charge in [0.1, 0.15) is 30.8 Å². The minimum atomic E-state index is -0.661. The van der Waals surface area contributed by atoms with Gasteiger partial charge in [-0.25, -0.2) is 0 Å². The van der Waals surface area contributed by atoms with Crippen molar-refractivity contribution in [3.05, 3.63) is 135 Å². The van der Waals surface area contributed by atoms with Gasteiger partial charge in [0.2, 0.25) is 0 Å². The Labute approximate surface area is 322 Å². The molecule has 1 aliphatic heterocycles. The second kappa shape index (κ2) is 16.4. The third-order valence-corrected chi connectivity index (χ3v) is 11.4. The van der Waals surface area contributed by atoms with Crippen molar-refractivity contribution in [3.63, 3.8) is 0 Å². The fourth-order valence-electron chi connectivity index (χ4n) is 8.07. The van der Waals surface area contributed by atoms with Gasteiger partial charge in [-0.1, -0.05) is 66.2 Å². The fourth-order valence-corrected chi connectivity index (χ4v) is 8.31. The number of aryl methyl sites for hydroxylation is 1. The van der Waals surface area contributed by atoms with Crippen LogP contribution >= 0.6 is 11.6 Å². The maximum absolute atomic E-state index is 11.5. The molecule has 1 aromatic heterocycles. The van der Waals surface area contributed by atoms with Crippen molar-refractivity contribution in [1.82, 2.24) is 15.2 Å². The molecule has 2 heterocycles. The molecular weight excluding hydrogens is 696 g/mol. The highest BCUT2D eigenvalue weighted by Gasteiger charge is 2.33. The summed E-state index contributed by atoms with van der Waals surface area (Å²) in [6.07, 6.45) is 6.80. The molecule has 1 saturated heterocycles. The molecule has 1 unspecified atom stereocenters. The first kappa shape index (κ1) is 37.1. The highest BCUT2D eigenvalue weighted by molar-refractivity contribution is 6.32. The summed E-state index contributed by atoms with van der Waals surface area (Å²) in [5.41, 5.74) is 13.2. The first-order valence-electron chi connectivity index (χ1n) is 18.6. The summed E-state index contributed by atoms with van der Waals surface area (Å²) in [6, 6.07) is 27.8. The van der Waals surface area contributed by atoms with Gasteiger partial charge in [-0.3, -0.25) is 14.7 Å². The monoisotopic (exact) mass is 740 g/mol. The molecule has 5 aromatic rings. The quantitative estimate of drug-likeness (QED) is 0.130. The van der Waals surface area contributed by atoms with Crippen LogP contribution in [0.2, 0.25) is 5.02 Å². The maximum Gasteiger partial charge on any atom is 0.306 e. The first-order chi connectivity index (χ1) is 26.2. The van der Waals surface area contributed by atoms with E-state index in [2.05, 4.69) is 89.7 Å².